The zero-order chi connectivity index (χ0) is 25.2. The number of halogens is 2. The van der Waals surface area contributed by atoms with Crippen molar-refractivity contribution in [2.24, 2.45) is 0 Å². The Balaban J connectivity index is 1.55. The van der Waals surface area contributed by atoms with Gasteiger partial charge in [0.15, 0.2) is 0 Å². The van der Waals surface area contributed by atoms with E-state index < -0.39 is 22.4 Å². The zero-order valence-corrected chi connectivity index (χ0v) is 21.2. The van der Waals surface area contributed by atoms with Crippen molar-refractivity contribution >= 4 is 38.9 Å². The van der Waals surface area contributed by atoms with E-state index in [-0.39, 0.29) is 16.5 Å². The van der Waals surface area contributed by atoms with E-state index in [1.165, 1.54) is 30.3 Å². The molecule has 3 aromatic rings. The van der Waals surface area contributed by atoms with Crippen molar-refractivity contribution in [3.8, 4) is 0 Å². The van der Waals surface area contributed by atoms with E-state index in [1.54, 1.807) is 23.1 Å². The molecule has 4 rings (SSSR count). The van der Waals surface area contributed by atoms with Crippen LogP contribution in [0.25, 0.3) is 0 Å². The second kappa shape index (κ2) is 10.3. The van der Waals surface area contributed by atoms with Crippen LogP contribution in [0.3, 0.4) is 0 Å². The maximum Gasteiger partial charge on any atom is 0.264 e. The van der Waals surface area contributed by atoms with Gasteiger partial charge in [0.05, 0.1) is 10.6 Å². The Morgan fingerprint density at radius 1 is 0.971 bits per heavy atom. The van der Waals surface area contributed by atoms with Crippen molar-refractivity contribution in [1.29, 1.82) is 0 Å². The van der Waals surface area contributed by atoms with Gasteiger partial charge in [-0.1, -0.05) is 47.5 Å². The average molecular weight is 516 g/mol. The van der Waals surface area contributed by atoms with E-state index in [9.17, 15) is 17.6 Å². The molecule has 6 nitrogen and oxygen atoms in total. The van der Waals surface area contributed by atoms with Gasteiger partial charge in [-0.25, -0.2) is 12.8 Å². The molecule has 0 N–H and O–H groups in total. The largest absolute Gasteiger partial charge is 0.368 e. The monoisotopic (exact) mass is 515 g/mol. The standard InChI is InChI=1S/C26H27ClFN3O3S/c1-19-7-11-22(12-8-19)35(33,34)31(24-6-4-3-5-23(24)28)18-26(32)30-15-13-29(14-16-30)25-17-21(27)10-9-20(25)2/h3-12,17H,13-16,18H2,1-2H3. The number of anilines is 2. The molecule has 0 aromatic heterocycles. The molecule has 1 heterocycles. The molecule has 0 saturated carbocycles. The highest BCUT2D eigenvalue weighted by Crippen LogP contribution is 2.28. The molecular weight excluding hydrogens is 489 g/mol. The van der Waals surface area contributed by atoms with Crippen LogP contribution in [0.4, 0.5) is 15.8 Å². The van der Waals surface area contributed by atoms with Crippen LogP contribution in [0.15, 0.2) is 71.6 Å². The number of para-hydroxylation sites is 1. The summed E-state index contributed by atoms with van der Waals surface area (Å²) in [6.07, 6.45) is 0. The minimum Gasteiger partial charge on any atom is -0.368 e. The van der Waals surface area contributed by atoms with E-state index in [2.05, 4.69) is 4.90 Å². The van der Waals surface area contributed by atoms with Gasteiger partial charge in [-0.15, -0.1) is 0 Å². The third kappa shape index (κ3) is 5.44. The summed E-state index contributed by atoms with van der Waals surface area (Å²) in [5, 5.41) is 0.644. The summed E-state index contributed by atoms with van der Waals surface area (Å²) in [4.78, 5) is 17.0. The van der Waals surface area contributed by atoms with E-state index in [4.69, 9.17) is 11.6 Å². The first-order chi connectivity index (χ1) is 16.7. The maximum absolute atomic E-state index is 14.7. The molecule has 0 unspecified atom stereocenters. The van der Waals surface area contributed by atoms with Crippen LogP contribution in [0.2, 0.25) is 5.02 Å². The number of amides is 1. The Labute approximate surface area is 210 Å². The van der Waals surface area contributed by atoms with Gasteiger partial charge >= 0.3 is 0 Å². The Hall–Kier alpha value is -3.10. The number of rotatable bonds is 6. The summed E-state index contributed by atoms with van der Waals surface area (Å²) >= 11 is 6.16. The lowest BCUT2D eigenvalue weighted by atomic mass is 10.1. The summed E-state index contributed by atoms with van der Waals surface area (Å²) in [7, 11) is -4.17. The van der Waals surface area contributed by atoms with Crippen LogP contribution in [0, 0.1) is 19.7 Å². The zero-order valence-electron chi connectivity index (χ0n) is 19.6. The molecule has 184 valence electrons. The lowest BCUT2D eigenvalue weighted by Gasteiger charge is -2.37. The summed E-state index contributed by atoms with van der Waals surface area (Å²) in [5.74, 6) is -1.09. The number of carbonyl (C=O) groups is 1. The van der Waals surface area contributed by atoms with E-state index >= 15 is 0 Å². The molecule has 1 saturated heterocycles. The lowest BCUT2D eigenvalue weighted by molar-refractivity contribution is -0.129. The van der Waals surface area contributed by atoms with Crippen LogP contribution in [-0.2, 0) is 14.8 Å². The topological polar surface area (TPSA) is 60.9 Å². The quantitative estimate of drug-likeness (QED) is 0.480. The summed E-state index contributed by atoms with van der Waals surface area (Å²) in [5.41, 5.74) is 2.84. The van der Waals surface area contributed by atoms with Gasteiger partial charge in [0.25, 0.3) is 10.0 Å². The Morgan fingerprint density at radius 2 is 1.63 bits per heavy atom. The number of hydrogen-bond donors (Lipinski definition) is 0. The van der Waals surface area contributed by atoms with Gasteiger partial charge in [0.1, 0.15) is 12.4 Å². The maximum atomic E-state index is 14.7. The molecule has 0 bridgehead atoms. The fraction of sp³-hybridized carbons (Fsp3) is 0.269. The molecule has 1 aliphatic rings. The highest BCUT2D eigenvalue weighted by Gasteiger charge is 2.31. The number of nitrogens with zero attached hydrogens (tertiary/aromatic N) is 3. The fourth-order valence-corrected chi connectivity index (χ4v) is 5.72. The molecule has 0 atom stereocenters. The second-order valence-electron chi connectivity index (χ2n) is 8.57. The van der Waals surface area contributed by atoms with Gasteiger partial charge < -0.3 is 9.80 Å². The Kier molecular flexibility index (Phi) is 7.33. The highest BCUT2D eigenvalue weighted by molar-refractivity contribution is 7.92. The number of carbonyl (C=O) groups excluding carboxylic acids is 1. The number of benzene rings is 3. The first-order valence-electron chi connectivity index (χ1n) is 11.3. The van der Waals surface area contributed by atoms with E-state index in [1.807, 2.05) is 32.0 Å². The molecule has 1 aliphatic heterocycles. The molecule has 3 aromatic carbocycles. The van der Waals surface area contributed by atoms with Crippen LogP contribution in [0.1, 0.15) is 11.1 Å². The summed E-state index contributed by atoms with van der Waals surface area (Å²) < 4.78 is 42.5. The van der Waals surface area contributed by atoms with Gasteiger partial charge in [0, 0.05) is 36.9 Å². The fourth-order valence-electron chi connectivity index (χ4n) is 4.13. The third-order valence-electron chi connectivity index (χ3n) is 6.15. The number of piperazine rings is 1. The number of sulfonamides is 1. The molecule has 9 heteroatoms. The number of aryl methyl sites for hydroxylation is 2. The number of hydrogen-bond acceptors (Lipinski definition) is 4. The third-order valence-corrected chi connectivity index (χ3v) is 8.16. The van der Waals surface area contributed by atoms with Gasteiger partial charge in [-0.05, 0) is 55.8 Å². The second-order valence-corrected chi connectivity index (χ2v) is 10.9. The minimum absolute atomic E-state index is 0.000374. The normalized spacial score (nSPS) is 14.2. The average Bonchev–Trinajstić information content (AvgIpc) is 2.85. The van der Waals surface area contributed by atoms with E-state index in [0.717, 1.165) is 21.1 Å². The summed E-state index contributed by atoms with van der Waals surface area (Å²) in [6, 6.07) is 17.6. The van der Waals surface area contributed by atoms with Gasteiger partial charge in [0.2, 0.25) is 5.91 Å². The van der Waals surface area contributed by atoms with Crippen molar-refractivity contribution in [3.63, 3.8) is 0 Å². The lowest BCUT2D eigenvalue weighted by Crippen LogP contribution is -2.52. The molecule has 0 aliphatic carbocycles. The molecule has 1 fully saturated rings. The predicted octanol–water partition coefficient (Wildman–Crippen LogP) is 4.64. The van der Waals surface area contributed by atoms with Crippen LogP contribution < -0.4 is 9.21 Å². The Morgan fingerprint density at radius 3 is 2.29 bits per heavy atom. The SMILES string of the molecule is Cc1ccc(S(=O)(=O)N(CC(=O)N2CCN(c3cc(Cl)ccc3C)CC2)c2ccccc2F)cc1. The highest BCUT2D eigenvalue weighted by atomic mass is 35.5. The molecule has 0 spiro atoms. The van der Waals surface area contributed by atoms with Crippen molar-refractivity contribution in [3.05, 3.63) is 88.7 Å². The first kappa shape index (κ1) is 25.0. The van der Waals surface area contributed by atoms with Crippen LogP contribution in [0.5, 0.6) is 0 Å². The Bertz CT molecular complexity index is 1320. The first-order valence-corrected chi connectivity index (χ1v) is 13.1. The minimum atomic E-state index is -4.17. The molecular formula is C26H27ClFN3O3S. The van der Waals surface area contributed by atoms with Crippen molar-refractivity contribution in [2.45, 2.75) is 18.7 Å². The molecule has 1 amide bonds. The predicted molar refractivity (Wildman–Crippen MR) is 137 cm³/mol. The summed E-state index contributed by atoms with van der Waals surface area (Å²) in [6.45, 7) is 5.35. The van der Waals surface area contributed by atoms with Crippen LogP contribution in [-0.4, -0.2) is 51.9 Å². The van der Waals surface area contributed by atoms with Crippen LogP contribution >= 0.6 is 11.6 Å². The molecule has 35 heavy (non-hydrogen) atoms. The van der Waals surface area contributed by atoms with Crippen molar-refractivity contribution < 1.29 is 17.6 Å². The smallest absolute Gasteiger partial charge is 0.264 e. The van der Waals surface area contributed by atoms with Gasteiger partial charge in [-0.2, -0.15) is 0 Å². The molecule has 0 radical (unpaired) electrons. The van der Waals surface area contributed by atoms with Crippen molar-refractivity contribution in [2.75, 3.05) is 41.9 Å². The van der Waals surface area contributed by atoms with Crippen molar-refractivity contribution in [1.82, 2.24) is 4.90 Å². The van der Waals surface area contributed by atoms with E-state index in [0.29, 0.717) is 31.2 Å². The van der Waals surface area contributed by atoms with Gasteiger partial charge in [-0.3, -0.25) is 9.10 Å².